The van der Waals surface area contributed by atoms with Gasteiger partial charge in [-0.3, -0.25) is 0 Å². The van der Waals surface area contributed by atoms with Gasteiger partial charge in [-0.25, -0.2) is 4.98 Å². The Balaban J connectivity index is 2.05. The summed E-state index contributed by atoms with van der Waals surface area (Å²) in [4.78, 5) is 8.74. The second kappa shape index (κ2) is 6.37. The predicted molar refractivity (Wildman–Crippen MR) is 73.2 cm³/mol. The van der Waals surface area contributed by atoms with Gasteiger partial charge in [0, 0.05) is 12.0 Å². The van der Waals surface area contributed by atoms with Gasteiger partial charge in [-0.15, -0.1) is 0 Å². The van der Waals surface area contributed by atoms with Gasteiger partial charge in [-0.05, 0) is 32.1 Å². The molecule has 1 aromatic heterocycles. The average Bonchev–Trinajstić information content (AvgIpc) is 2.85. The van der Waals surface area contributed by atoms with E-state index in [1.807, 2.05) is 6.92 Å². The summed E-state index contributed by atoms with van der Waals surface area (Å²) in [6.45, 7) is 4.79. The van der Waals surface area contributed by atoms with Crippen molar-refractivity contribution >= 4 is 11.6 Å². The number of hydrogen-bond donors (Lipinski definition) is 0. The van der Waals surface area contributed by atoms with Crippen LogP contribution in [0.25, 0.3) is 0 Å². The molecule has 2 rings (SSSR count). The maximum absolute atomic E-state index is 6.12. The van der Waals surface area contributed by atoms with Crippen molar-refractivity contribution in [3.63, 3.8) is 0 Å². The maximum atomic E-state index is 6.12. The van der Waals surface area contributed by atoms with E-state index in [0.29, 0.717) is 17.0 Å². The molecule has 1 saturated carbocycles. The van der Waals surface area contributed by atoms with E-state index in [2.05, 4.69) is 16.9 Å². The number of rotatable bonds is 5. The molecule has 1 aliphatic rings. The molecular weight excluding hydrogens is 248 g/mol. The van der Waals surface area contributed by atoms with E-state index in [-0.39, 0.29) is 0 Å². The molecule has 1 fully saturated rings. The van der Waals surface area contributed by atoms with Crippen LogP contribution in [0.4, 0.5) is 0 Å². The Morgan fingerprint density at radius 3 is 2.67 bits per heavy atom. The maximum Gasteiger partial charge on any atom is 0.221 e. The third-order valence-electron chi connectivity index (χ3n) is 3.49. The van der Waals surface area contributed by atoms with Crippen LogP contribution in [0.2, 0.25) is 5.15 Å². The summed E-state index contributed by atoms with van der Waals surface area (Å²) >= 11 is 6.12. The van der Waals surface area contributed by atoms with Crippen molar-refractivity contribution in [1.29, 1.82) is 0 Å². The molecule has 0 unspecified atom stereocenters. The van der Waals surface area contributed by atoms with E-state index in [4.69, 9.17) is 16.3 Å². The van der Waals surface area contributed by atoms with Gasteiger partial charge in [0.1, 0.15) is 11.0 Å². The van der Waals surface area contributed by atoms with Crippen molar-refractivity contribution in [2.75, 3.05) is 6.61 Å². The molecule has 18 heavy (non-hydrogen) atoms. The van der Waals surface area contributed by atoms with Crippen LogP contribution in [0.1, 0.15) is 50.4 Å². The Hall–Kier alpha value is -0.830. The molecular formula is C14H21ClN2O. The van der Waals surface area contributed by atoms with Crippen LogP contribution < -0.4 is 4.74 Å². The molecule has 0 N–H and O–H groups in total. The molecule has 0 aliphatic heterocycles. The van der Waals surface area contributed by atoms with Gasteiger partial charge in [-0.1, -0.05) is 31.4 Å². The Morgan fingerprint density at radius 2 is 2.00 bits per heavy atom. The summed E-state index contributed by atoms with van der Waals surface area (Å²) in [6, 6.07) is 0. The third-order valence-corrected chi connectivity index (χ3v) is 3.86. The Morgan fingerprint density at radius 1 is 1.28 bits per heavy atom. The Bertz CT molecular complexity index is 403. The number of hydrogen-bond acceptors (Lipinski definition) is 3. The molecule has 0 spiro atoms. The zero-order valence-electron chi connectivity index (χ0n) is 11.2. The fraction of sp³-hybridized carbons (Fsp3) is 0.714. The van der Waals surface area contributed by atoms with E-state index in [1.54, 1.807) is 0 Å². The van der Waals surface area contributed by atoms with E-state index in [1.165, 1.54) is 25.7 Å². The highest BCUT2D eigenvalue weighted by Gasteiger charge is 2.17. The molecule has 1 heterocycles. The lowest BCUT2D eigenvalue weighted by Crippen LogP contribution is -2.11. The number of aromatic nitrogens is 2. The number of nitrogens with zero attached hydrogens (tertiary/aromatic N) is 2. The number of halogens is 1. The lowest BCUT2D eigenvalue weighted by atomic mass is 10.1. The molecule has 1 aromatic rings. The zero-order valence-corrected chi connectivity index (χ0v) is 12.0. The van der Waals surface area contributed by atoms with Crippen LogP contribution in [-0.4, -0.2) is 16.6 Å². The van der Waals surface area contributed by atoms with Crippen molar-refractivity contribution in [2.45, 2.75) is 52.4 Å². The van der Waals surface area contributed by atoms with Crippen molar-refractivity contribution in [2.24, 2.45) is 5.92 Å². The molecule has 0 saturated heterocycles. The molecule has 0 bridgehead atoms. The summed E-state index contributed by atoms with van der Waals surface area (Å²) < 4.78 is 5.85. The van der Waals surface area contributed by atoms with Gasteiger partial charge in [0.15, 0.2) is 0 Å². The number of aryl methyl sites for hydroxylation is 1. The topological polar surface area (TPSA) is 35.0 Å². The second-order valence-electron chi connectivity index (χ2n) is 5.07. The molecule has 0 amide bonds. The molecule has 4 heteroatoms. The van der Waals surface area contributed by atoms with Crippen molar-refractivity contribution in [3.8, 4) is 5.88 Å². The second-order valence-corrected chi connectivity index (χ2v) is 5.43. The van der Waals surface area contributed by atoms with Crippen LogP contribution in [-0.2, 0) is 6.42 Å². The smallest absolute Gasteiger partial charge is 0.221 e. The molecule has 100 valence electrons. The lowest BCUT2D eigenvalue weighted by Gasteiger charge is -2.13. The summed E-state index contributed by atoms with van der Waals surface area (Å²) in [5.41, 5.74) is 0.856. The van der Waals surface area contributed by atoms with Crippen molar-refractivity contribution in [3.05, 3.63) is 16.5 Å². The van der Waals surface area contributed by atoms with Crippen LogP contribution in [0.3, 0.4) is 0 Å². The standard InChI is InChI=1S/C14H21ClN2O/c1-3-6-12-16-13(15)10(2)14(17-12)18-9-11-7-4-5-8-11/h11H,3-9H2,1-2H3. The first kappa shape index (κ1) is 13.6. The molecule has 1 aliphatic carbocycles. The Kier molecular flexibility index (Phi) is 4.81. The van der Waals surface area contributed by atoms with Gasteiger partial charge in [-0.2, -0.15) is 4.98 Å². The van der Waals surface area contributed by atoms with Crippen LogP contribution in [0, 0.1) is 12.8 Å². The highest BCUT2D eigenvalue weighted by atomic mass is 35.5. The SMILES string of the molecule is CCCc1nc(Cl)c(C)c(OCC2CCCC2)n1. The fourth-order valence-corrected chi connectivity index (χ4v) is 2.54. The van der Waals surface area contributed by atoms with E-state index >= 15 is 0 Å². The van der Waals surface area contributed by atoms with E-state index in [9.17, 15) is 0 Å². The number of ether oxygens (including phenoxy) is 1. The summed E-state index contributed by atoms with van der Waals surface area (Å²) in [5, 5.41) is 0.523. The zero-order chi connectivity index (χ0) is 13.0. The van der Waals surface area contributed by atoms with E-state index < -0.39 is 0 Å². The predicted octanol–water partition coefficient (Wildman–Crippen LogP) is 3.96. The minimum Gasteiger partial charge on any atom is -0.477 e. The van der Waals surface area contributed by atoms with Crippen LogP contribution in [0.5, 0.6) is 5.88 Å². The first-order valence-electron chi connectivity index (χ1n) is 6.86. The average molecular weight is 269 g/mol. The normalized spacial score (nSPS) is 16.2. The third kappa shape index (κ3) is 3.35. The van der Waals surface area contributed by atoms with Crippen LogP contribution in [0.15, 0.2) is 0 Å². The minimum absolute atomic E-state index is 0.523. The molecule has 0 aromatic carbocycles. The highest BCUT2D eigenvalue weighted by Crippen LogP contribution is 2.27. The molecule has 0 atom stereocenters. The molecule has 0 radical (unpaired) electrons. The Labute approximate surface area is 114 Å². The first-order chi connectivity index (χ1) is 8.70. The van der Waals surface area contributed by atoms with E-state index in [0.717, 1.165) is 30.8 Å². The van der Waals surface area contributed by atoms with Gasteiger partial charge >= 0.3 is 0 Å². The van der Waals surface area contributed by atoms with Crippen molar-refractivity contribution in [1.82, 2.24) is 9.97 Å². The first-order valence-corrected chi connectivity index (χ1v) is 7.24. The van der Waals surface area contributed by atoms with Crippen LogP contribution >= 0.6 is 11.6 Å². The van der Waals surface area contributed by atoms with Crippen molar-refractivity contribution < 1.29 is 4.74 Å². The van der Waals surface area contributed by atoms with Gasteiger partial charge in [0.05, 0.1) is 6.61 Å². The molecule has 3 nitrogen and oxygen atoms in total. The van der Waals surface area contributed by atoms with Gasteiger partial charge in [0.2, 0.25) is 5.88 Å². The summed E-state index contributed by atoms with van der Waals surface area (Å²) in [5.74, 6) is 2.15. The minimum atomic E-state index is 0.523. The van der Waals surface area contributed by atoms with Gasteiger partial charge < -0.3 is 4.74 Å². The summed E-state index contributed by atoms with van der Waals surface area (Å²) in [6.07, 6.45) is 7.08. The largest absolute Gasteiger partial charge is 0.477 e. The highest BCUT2D eigenvalue weighted by molar-refractivity contribution is 6.30. The van der Waals surface area contributed by atoms with Gasteiger partial charge in [0.25, 0.3) is 0 Å². The fourth-order valence-electron chi connectivity index (χ4n) is 2.36. The quantitative estimate of drug-likeness (QED) is 0.758. The lowest BCUT2D eigenvalue weighted by molar-refractivity contribution is 0.241. The summed E-state index contributed by atoms with van der Waals surface area (Å²) in [7, 11) is 0. The monoisotopic (exact) mass is 268 g/mol.